The summed E-state index contributed by atoms with van der Waals surface area (Å²) in [6.07, 6.45) is 0. The van der Waals surface area contributed by atoms with Gasteiger partial charge in [0.15, 0.2) is 21.4 Å². The first kappa shape index (κ1) is 15.9. The largest absolute Gasteiger partial charge is 0.489 e. The Morgan fingerprint density at radius 2 is 1.95 bits per heavy atom. The van der Waals surface area contributed by atoms with Crippen molar-refractivity contribution in [2.24, 2.45) is 5.73 Å². The zero-order chi connectivity index (χ0) is 14.7. The molecule has 0 fully saturated rings. The Morgan fingerprint density at radius 1 is 1.32 bits per heavy atom. The molecule has 4 nitrogen and oxygen atoms in total. The van der Waals surface area contributed by atoms with Gasteiger partial charge in [-0.15, -0.1) is 0 Å². The van der Waals surface area contributed by atoms with E-state index in [4.69, 9.17) is 10.5 Å². The molecule has 0 saturated carbocycles. The lowest BCUT2D eigenvalue weighted by molar-refractivity contribution is 0.321. The van der Waals surface area contributed by atoms with Gasteiger partial charge in [0.1, 0.15) is 6.61 Å². The maximum absolute atomic E-state index is 13.6. The molecule has 1 aromatic rings. The van der Waals surface area contributed by atoms with Gasteiger partial charge in [0, 0.05) is 6.54 Å². The number of ether oxygens (including phenoxy) is 1. The predicted octanol–water partition coefficient (Wildman–Crippen LogP) is 1.88. The molecule has 0 spiro atoms. The predicted molar refractivity (Wildman–Crippen MR) is 73.3 cm³/mol. The normalized spacial score (nSPS) is 12.5. The molecular formula is C13H20FNO3S. The molecule has 108 valence electrons. The summed E-state index contributed by atoms with van der Waals surface area (Å²) in [5, 5.41) is 0. The van der Waals surface area contributed by atoms with Gasteiger partial charge in [0.25, 0.3) is 0 Å². The van der Waals surface area contributed by atoms with E-state index in [1.807, 2.05) is 0 Å². The van der Waals surface area contributed by atoms with Crippen LogP contribution in [0, 0.1) is 5.82 Å². The summed E-state index contributed by atoms with van der Waals surface area (Å²) >= 11 is 0. The smallest absolute Gasteiger partial charge is 0.165 e. The molecular weight excluding hydrogens is 269 g/mol. The Hall–Kier alpha value is -1.14. The Kier molecular flexibility index (Phi) is 4.92. The first-order valence-electron chi connectivity index (χ1n) is 6.01. The second kappa shape index (κ2) is 5.88. The lowest BCUT2D eigenvalue weighted by Gasteiger charge is -2.19. The zero-order valence-electron chi connectivity index (χ0n) is 11.4. The van der Waals surface area contributed by atoms with Crippen molar-refractivity contribution in [3.05, 3.63) is 29.6 Å². The zero-order valence-corrected chi connectivity index (χ0v) is 12.3. The van der Waals surface area contributed by atoms with Gasteiger partial charge in [0.2, 0.25) is 0 Å². The molecule has 0 aromatic heterocycles. The highest BCUT2D eigenvalue weighted by Crippen LogP contribution is 2.20. The maximum atomic E-state index is 13.6. The summed E-state index contributed by atoms with van der Waals surface area (Å²) in [6.45, 7) is 5.05. The Morgan fingerprint density at radius 3 is 2.42 bits per heavy atom. The second-order valence-corrected chi connectivity index (χ2v) is 8.11. The highest BCUT2D eigenvalue weighted by molar-refractivity contribution is 7.92. The van der Waals surface area contributed by atoms with Gasteiger partial charge in [-0.3, -0.25) is 0 Å². The molecule has 0 atom stereocenters. The van der Waals surface area contributed by atoms with E-state index in [0.29, 0.717) is 5.56 Å². The first-order valence-corrected chi connectivity index (χ1v) is 7.66. The third-order valence-corrected chi connectivity index (χ3v) is 5.34. The molecule has 0 radical (unpaired) electrons. The second-order valence-electron chi connectivity index (χ2n) is 5.25. The Labute approximate surface area is 113 Å². The third-order valence-electron chi connectivity index (χ3n) is 2.77. The van der Waals surface area contributed by atoms with Gasteiger partial charge in [-0.05, 0) is 38.5 Å². The molecule has 0 bridgehead atoms. The van der Waals surface area contributed by atoms with Crippen LogP contribution in [0.4, 0.5) is 4.39 Å². The minimum Gasteiger partial charge on any atom is -0.489 e. The average Bonchev–Trinajstić information content (AvgIpc) is 2.29. The van der Waals surface area contributed by atoms with Gasteiger partial charge in [-0.25, -0.2) is 12.8 Å². The summed E-state index contributed by atoms with van der Waals surface area (Å²) in [5.41, 5.74) is 6.05. The topological polar surface area (TPSA) is 69.4 Å². The number of benzene rings is 1. The van der Waals surface area contributed by atoms with Crippen molar-refractivity contribution < 1.29 is 17.5 Å². The fourth-order valence-electron chi connectivity index (χ4n) is 1.36. The summed E-state index contributed by atoms with van der Waals surface area (Å²) < 4.78 is 41.6. The minimum atomic E-state index is -3.26. The van der Waals surface area contributed by atoms with Crippen LogP contribution < -0.4 is 10.5 Å². The average molecular weight is 289 g/mol. The summed E-state index contributed by atoms with van der Waals surface area (Å²) in [4.78, 5) is 0. The van der Waals surface area contributed by atoms with Crippen molar-refractivity contribution in [2.75, 3.05) is 12.4 Å². The molecule has 0 aliphatic heterocycles. The van der Waals surface area contributed by atoms with Crippen LogP contribution in [0.3, 0.4) is 0 Å². The summed E-state index contributed by atoms with van der Waals surface area (Å²) in [6, 6.07) is 4.39. The molecule has 1 rings (SSSR count). The van der Waals surface area contributed by atoms with E-state index in [0.717, 1.165) is 0 Å². The fraction of sp³-hybridized carbons (Fsp3) is 0.538. The van der Waals surface area contributed by atoms with Gasteiger partial charge >= 0.3 is 0 Å². The van der Waals surface area contributed by atoms with Crippen LogP contribution >= 0.6 is 0 Å². The van der Waals surface area contributed by atoms with Crippen LogP contribution in [0.15, 0.2) is 18.2 Å². The quantitative estimate of drug-likeness (QED) is 0.898. The first-order chi connectivity index (χ1) is 8.67. The van der Waals surface area contributed by atoms with Crippen molar-refractivity contribution in [3.63, 3.8) is 0 Å². The number of rotatable bonds is 5. The molecule has 19 heavy (non-hydrogen) atoms. The third kappa shape index (κ3) is 4.18. The van der Waals surface area contributed by atoms with Crippen LogP contribution in [0.25, 0.3) is 0 Å². The molecule has 0 aliphatic carbocycles. The molecule has 1 aromatic carbocycles. The van der Waals surface area contributed by atoms with Gasteiger partial charge in [-0.1, -0.05) is 6.07 Å². The van der Waals surface area contributed by atoms with Gasteiger partial charge in [-0.2, -0.15) is 0 Å². The van der Waals surface area contributed by atoms with Crippen LogP contribution in [0.1, 0.15) is 26.3 Å². The van der Waals surface area contributed by atoms with E-state index in [9.17, 15) is 12.8 Å². The molecule has 0 heterocycles. The number of hydrogen-bond donors (Lipinski definition) is 1. The number of hydrogen-bond acceptors (Lipinski definition) is 4. The van der Waals surface area contributed by atoms with Crippen molar-refractivity contribution in [1.29, 1.82) is 0 Å². The standard InChI is InChI=1S/C13H20FNO3S/c1-13(2,3)19(16,17)7-6-18-12-5-4-10(9-15)8-11(12)14/h4-5,8H,6-7,9,15H2,1-3H3. The van der Waals surface area contributed by atoms with E-state index in [-0.39, 0.29) is 24.7 Å². The lowest BCUT2D eigenvalue weighted by Crippen LogP contribution is -2.32. The molecule has 0 unspecified atom stereocenters. The van der Waals surface area contributed by atoms with Crippen molar-refractivity contribution in [2.45, 2.75) is 32.1 Å². The van der Waals surface area contributed by atoms with Crippen molar-refractivity contribution in [1.82, 2.24) is 0 Å². The van der Waals surface area contributed by atoms with Crippen LogP contribution in [-0.2, 0) is 16.4 Å². The van der Waals surface area contributed by atoms with Crippen molar-refractivity contribution >= 4 is 9.84 Å². The Bertz CT molecular complexity index is 535. The van der Waals surface area contributed by atoms with E-state index < -0.39 is 20.4 Å². The summed E-state index contributed by atoms with van der Waals surface area (Å²) in [5.74, 6) is -0.633. The maximum Gasteiger partial charge on any atom is 0.165 e. The highest BCUT2D eigenvalue weighted by atomic mass is 32.2. The van der Waals surface area contributed by atoms with E-state index >= 15 is 0 Å². The highest BCUT2D eigenvalue weighted by Gasteiger charge is 2.28. The van der Waals surface area contributed by atoms with Crippen molar-refractivity contribution in [3.8, 4) is 5.75 Å². The van der Waals surface area contributed by atoms with Gasteiger partial charge < -0.3 is 10.5 Å². The van der Waals surface area contributed by atoms with Crippen LogP contribution in [-0.4, -0.2) is 25.5 Å². The number of sulfone groups is 1. The molecule has 0 amide bonds. The van der Waals surface area contributed by atoms with E-state index in [1.54, 1.807) is 26.8 Å². The number of nitrogens with two attached hydrogens (primary N) is 1. The van der Waals surface area contributed by atoms with Gasteiger partial charge in [0.05, 0.1) is 10.5 Å². The van der Waals surface area contributed by atoms with E-state index in [1.165, 1.54) is 12.1 Å². The molecule has 0 saturated heterocycles. The molecule has 6 heteroatoms. The minimum absolute atomic E-state index is 0.0429. The van der Waals surface area contributed by atoms with E-state index in [2.05, 4.69) is 0 Å². The fourth-order valence-corrected chi connectivity index (χ4v) is 2.27. The SMILES string of the molecule is CC(C)(C)S(=O)(=O)CCOc1ccc(CN)cc1F. The monoisotopic (exact) mass is 289 g/mol. The Balaban J connectivity index is 2.64. The lowest BCUT2D eigenvalue weighted by atomic mass is 10.2. The summed E-state index contributed by atoms with van der Waals surface area (Å²) in [7, 11) is -3.26. The van der Waals surface area contributed by atoms with Crippen LogP contribution in [0.5, 0.6) is 5.75 Å². The van der Waals surface area contributed by atoms with Crippen LogP contribution in [0.2, 0.25) is 0 Å². The number of halogens is 1. The molecule has 2 N–H and O–H groups in total. The molecule has 0 aliphatic rings.